The Kier molecular flexibility index (Phi) is 5.67. The molecule has 0 aliphatic carbocycles. The van der Waals surface area contributed by atoms with Gasteiger partial charge in [-0.2, -0.15) is 0 Å². The molecule has 0 aliphatic rings. The molecule has 1 amide bonds. The quantitative estimate of drug-likeness (QED) is 0.627. The second kappa shape index (κ2) is 7.95. The third-order valence-electron chi connectivity index (χ3n) is 3.78. The zero-order valence-electron chi connectivity index (χ0n) is 14.6. The van der Waals surface area contributed by atoms with Crippen molar-refractivity contribution in [3.05, 3.63) is 40.6 Å². The third kappa shape index (κ3) is 4.18. The topological polar surface area (TPSA) is 45.7 Å². The summed E-state index contributed by atoms with van der Waals surface area (Å²) in [7, 11) is 5.72. The Labute approximate surface area is 155 Å². The number of ether oxygens (including phenoxy) is 1. The number of hydrogen-bond donors (Lipinski definition) is 0. The number of thiazole rings is 1. The number of carbonyl (C=O) groups is 1. The summed E-state index contributed by atoms with van der Waals surface area (Å²) in [6, 6.07) is 9.58. The zero-order chi connectivity index (χ0) is 17.8. The lowest BCUT2D eigenvalue weighted by atomic mass is 10.3. The van der Waals surface area contributed by atoms with Crippen LogP contribution in [0.3, 0.4) is 0 Å². The van der Waals surface area contributed by atoms with Gasteiger partial charge < -0.3 is 9.64 Å². The van der Waals surface area contributed by atoms with Crippen molar-refractivity contribution in [2.24, 2.45) is 0 Å². The SMILES string of the molecule is COc1ccc2sc(N(CCCN(C)C)C(=O)c3cccs3)nc2c1. The summed E-state index contributed by atoms with van der Waals surface area (Å²) in [5, 5.41) is 2.66. The first-order chi connectivity index (χ1) is 12.1. The van der Waals surface area contributed by atoms with Crippen LogP contribution in [0.5, 0.6) is 5.75 Å². The molecule has 0 N–H and O–H groups in total. The molecule has 3 rings (SSSR count). The molecule has 25 heavy (non-hydrogen) atoms. The van der Waals surface area contributed by atoms with E-state index >= 15 is 0 Å². The molecule has 7 heteroatoms. The first-order valence-corrected chi connectivity index (χ1v) is 9.73. The highest BCUT2D eigenvalue weighted by Gasteiger charge is 2.22. The van der Waals surface area contributed by atoms with Gasteiger partial charge in [-0.25, -0.2) is 4.98 Å². The summed E-state index contributed by atoms with van der Waals surface area (Å²) < 4.78 is 6.32. The van der Waals surface area contributed by atoms with Gasteiger partial charge >= 0.3 is 0 Å². The van der Waals surface area contributed by atoms with Gasteiger partial charge in [0.15, 0.2) is 5.13 Å². The molecule has 5 nitrogen and oxygen atoms in total. The maximum atomic E-state index is 12.9. The first-order valence-electron chi connectivity index (χ1n) is 8.03. The summed E-state index contributed by atoms with van der Waals surface area (Å²) in [5.74, 6) is 0.785. The van der Waals surface area contributed by atoms with Gasteiger partial charge in [-0.15, -0.1) is 11.3 Å². The van der Waals surface area contributed by atoms with Crippen molar-refractivity contribution < 1.29 is 9.53 Å². The van der Waals surface area contributed by atoms with Crippen LogP contribution in [0.1, 0.15) is 16.1 Å². The average Bonchev–Trinajstić information content (AvgIpc) is 3.26. The zero-order valence-corrected chi connectivity index (χ0v) is 16.2. The van der Waals surface area contributed by atoms with Crippen LogP contribution in [0.25, 0.3) is 10.2 Å². The lowest BCUT2D eigenvalue weighted by Crippen LogP contribution is -2.32. The number of benzene rings is 1. The van der Waals surface area contributed by atoms with E-state index in [0.717, 1.165) is 38.9 Å². The number of fused-ring (bicyclic) bond motifs is 1. The van der Waals surface area contributed by atoms with Crippen molar-refractivity contribution in [3.63, 3.8) is 0 Å². The Morgan fingerprint density at radius 1 is 1.24 bits per heavy atom. The van der Waals surface area contributed by atoms with Crippen molar-refractivity contribution >= 4 is 43.9 Å². The molecule has 0 unspecified atom stereocenters. The Morgan fingerprint density at radius 3 is 2.76 bits per heavy atom. The van der Waals surface area contributed by atoms with Crippen molar-refractivity contribution in [2.45, 2.75) is 6.42 Å². The van der Waals surface area contributed by atoms with Gasteiger partial charge in [0.1, 0.15) is 5.75 Å². The van der Waals surface area contributed by atoms with Crippen LogP contribution in [0.2, 0.25) is 0 Å². The number of anilines is 1. The van der Waals surface area contributed by atoms with E-state index in [2.05, 4.69) is 9.88 Å². The molecule has 0 fully saturated rings. The molecule has 132 valence electrons. The fraction of sp³-hybridized carbons (Fsp3) is 0.333. The number of amides is 1. The van der Waals surface area contributed by atoms with Crippen LogP contribution in [0.4, 0.5) is 5.13 Å². The van der Waals surface area contributed by atoms with Crippen LogP contribution in [-0.2, 0) is 0 Å². The van der Waals surface area contributed by atoms with E-state index in [1.165, 1.54) is 22.7 Å². The van der Waals surface area contributed by atoms with E-state index < -0.39 is 0 Å². The van der Waals surface area contributed by atoms with Crippen molar-refractivity contribution in [3.8, 4) is 5.75 Å². The van der Waals surface area contributed by atoms with Gasteiger partial charge in [0, 0.05) is 12.6 Å². The average molecular weight is 376 g/mol. The summed E-state index contributed by atoms with van der Waals surface area (Å²) in [4.78, 5) is 22.3. The van der Waals surface area contributed by atoms with Gasteiger partial charge in [-0.05, 0) is 50.6 Å². The van der Waals surface area contributed by atoms with E-state index in [0.29, 0.717) is 6.54 Å². The molecule has 0 radical (unpaired) electrons. The molecular weight excluding hydrogens is 354 g/mol. The Morgan fingerprint density at radius 2 is 2.08 bits per heavy atom. The van der Waals surface area contributed by atoms with Crippen molar-refractivity contribution in [2.75, 3.05) is 39.2 Å². The van der Waals surface area contributed by atoms with Gasteiger partial charge in [0.05, 0.1) is 22.2 Å². The molecular formula is C18H21N3O2S2. The van der Waals surface area contributed by atoms with E-state index in [-0.39, 0.29) is 5.91 Å². The number of thiophene rings is 1. The van der Waals surface area contributed by atoms with E-state index in [1.54, 1.807) is 12.0 Å². The molecule has 3 aromatic rings. The normalized spacial score (nSPS) is 11.2. The Bertz CT molecular complexity index is 843. The van der Waals surface area contributed by atoms with Crippen LogP contribution in [0.15, 0.2) is 35.7 Å². The molecule has 0 atom stereocenters. The van der Waals surface area contributed by atoms with Crippen LogP contribution in [0, 0.1) is 0 Å². The highest BCUT2D eigenvalue weighted by Crippen LogP contribution is 2.32. The monoisotopic (exact) mass is 375 g/mol. The van der Waals surface area contributed by atoms with Gasteiger partial charge in [-0.3, -0.25) is 9.69 Å². The minimum Gasteiger partial charge on any atom is -0.497 e. The molecule has 0 aliphatic heterocycles. The van der Waals surface area contributed by atoms with E-state index in [4.69, 9.17) is 4.74 Å². The molecule has 0 saturated carbocycles. The van der Waals surface area contributed by atoms with Crippen LogP contribution in [-0.4, -0.2) is 50.1 Å². The van der Waals surface area contributed by atoms with Crippen molar-refractivity contribution in [1.29, 1.82) is 0 Å². The fourth-order valence-corrected chi connectivity index (χ4v) is 4.14. The van der Waals surface area contributed by atoms with Crippen molar-refractivity contribution in [1.82, 2.24) is 9.88 Å². The predicted octanol–water partition coefficient (Wildman–Crippen LogP) is 3.96. The smallest absolute Gasteiger partial charge is 0.270 e. The summed E-state index contributed by atoms with van der Waals surface area (Å²) in [6.07, 6.45) is 0.892. The summed E-state index contributed by atoms with van der Waals surface area (Å²) >= 11 is 3.00. The van der Waals surface area contributed by atoms with Gasteiger partial charge in [-0.1, -0.05) is 17.4 Å². The maximum absolute atomic E-state index is 12.9. The Balaban J connectivity index is 1.91. The molecule has 0 spiro atoms. The molecule has 2 heterocycles. The fourth-order valence-electron chi connectivity index (χ4n) is 2.50. The Hall–Kier alpha value is -1.96. The van der Waals surface area contributed by atoms with Gasteiger partial charge in [0.25, 0.3) is 5.91 Å². The largest absolute Gasteiger partial charge is 0.497 e. The third-order valence-corrected chi connectivity index (χ3v) is 5.70. The molecule has 0 saturated heterocycles. The van der Waals surface area contributed by atoms with E-state index in [9.17, 15) is 4.79 Å². The predicted molar refractivity (Wildman–Crippen MR) is 105 cm³/mol. The lowest BCUT2D eigenvalue weighted by Gasteiger charge is -2.20. The first kappa shape index (κ1) is 17.8. The number of nitrogens with zero attached hydrogens (tertiary/aromatic N) is 3. The maximum Gasteiger partial charge on any atom is 0.270 e. The number of methoxy groups -OCH3 is 1. The molecule has 2 aromatic heterocycles. The molecule has 1 aromatic carbocycles. The van der Waals surface area contributed by atoms with E-state index in [1.807, 2.05) is 49.8 Å². The summed E-state index contributed by atoms with van der Waals surface area (Å²) in [6.45, 7) is 1.57. The number of hydrogen-bond acceptors (Lipinski definition) is 6. The van der Waals surface area contributed by atoms with Crippen LogP contribution < -0.4 is 9.64 Å². The second-order valence-corrected chi connectivity index (χ2v) is 7.88. The van der Waals surface area contributed by atoms with Crippen LogP contribution >= 0.6 is 22.7 Å². The van der Waals surface area contributed by atoms with Gasteiger partial charge in [0.2, 0.25) is 0 Å². The minimum absolute atomic E-state index is 0.0137. The lowest BCUT2D eigenvalue weighted by molar-refractivity contribution is 0.0990. The highest BCUT2D eigenvalue weighted by atomic mass is 32.1. The summed E-state index contributed by atoms with van der Waals surface area (Å²) in [5.41, 5.74) is 0.857. The number of aromatic nitrogens is 1. The number of rotatable bonds is 7. The standard InChI is InChI=1S/C18H21N3O2S2/c1-20(2)9-5-10-21(17(22)16-6-4-11-24-16)18-19-14-12-13(23-3)7-8-15(14)25-18/h4,6-8,11-12H,5,9-10H2,1-3H3. The highest BCUT2D eigenvalue weighted by molar-refractivity contribution is 7.22. The second-order valence-electron chi connectivity index (χ2n) is 5.92. The number of carbonyl (C=O) groups excluding carboxylic acids is 1. The molecule has 0 bridgehead atoms. The minimum atomic E-state index is 0.0137.